The van der Waals surface area contributed by atoms with Crippen LogP contribution in [0, 0.1) is 5.92 Å². The lowest BCUT2D eigenvalue weighted by atomic mass is 10.0. The maximum Gasteiger partial charge on any atom is 0.00939 e. The number of hydrogen-bond donors (Lipinski definition) is 1. The number of hydrogen-bond acceptors (Lipinski definition) is 2. The number of likely N-dealkylation sites (tertiary alicyclic amines) is 1. The third kappa shape index (κ3) is 2.71. The normalized spacial score (nSPS) is 36.4. The zero-order chi connectivity index (χ0) is 9.97. The molecule has 0 amide bonds. The van der Waals surface area contributed by atoms with Crippen molar-refractivity contribution in [3.05, 3.63) is 0 Å². The van der Waals surface area contributed by atoms with E-state index in [1.807, 2.05) is 0 Å². The van der Waals surface area contributed by atoms with E-state index >= 15 is 0 Å². The lowest BCUT2D eigenvalue weighted by molar-refractivity contribution is 0.224. The third-order valence-corrected chi connectivity index (χ3v) is 3.88. The summed E-state index contributed by atoms with van der Waals surface area (Å²) in [6, 6.07) is 1.64. The highest BCUT2D eigenvalue weighted by Crippen LogP contribution is 2.25. The number of rotatable bonds is 2. The van der Waals surface area contributed by atoms with Crippen molar-refractivity contribution in [2.24, 2.45) is 5.92 Å². The summed E-state index contributed by atoms with van der Waals surface area (Å²) >= 11 is 0. The lowest BCUT2D eigenvalue weighted by Gasteiger charge is -2.31. The number of piperidine rings is 1. The van der Waals surface area contributed by atoms with Gasteiger partial charge in [0.2, 0.25) is 0 Å². The van der Waals surface area contributed by atoms with Crippen LogP contribution in [-0.4, -0.2) is 37.1 Å². The number of nitrogens with one attached hydrogen (secondary N) is 1. The molecule has 2 nitrogen and oxygen atoms in total. The van der Waals surface area contributed by atoms with E-state index in [0.29, 0.717) is 0 Å². The van der Waals surface area contributed by atoms with Crippen molar-refractivity contribution < 1.29 is 0 Å². The molecule has 0 spiro atoms. The Balaban J connectivity index is 1.70. The van der Waals surface area contributed by atoms with E-state index in [1.165, 1.54) is 45.2 Å². The van der Waals surface area contributed by atoms with Crippen LogP contribution >= 0.6 is 0 Å². The Kier molecular flexibility index (Phi) is 3.45. The van der Waals surface area contributed by atoms with Crippen molar-refractivity contribution in [1.29, 1.82) is 0 Å². The smallest absolute Gasteiger partial charge is 0.00939 e. The summed E-state index contributed by atoms with van der Waals surface area (Å²) in [7, 11) is 2.23. The fraction of sp³-hybridized carbons (Fsp3) is 1.00. The zero-order valence-corrected chi connectivity index (χ0v) is 9.63. The summed E-state index contributed by atoms with van der Waals surface area (Å²) in [5.74, 6) is 0.957. The van der Waals surface area contributed by atoms with Crippen molar-refractivity contribution >= 4 is 0 Å². The fourth-order valence-corrected chi connectivity index (χ4v) is 2.87. The minimum absolute atomic E-state index is 0.807. The fourth-order valence-electron chi connectivity index (χ4n) is 2.87. The second-order valence-corrected chi connectivity index (χ2v) is 5.36. The predicted octanol–water partition coefficient (Wildman–Crippen LogP) is 1.86. The topological polar surface area (TPSA) is 15.3 Å². The molecule has 1 aliphatic heterocycles. The minimum Gasteiger partial charge on any atom is -0.311 e. The second kappa shape index (κ2) is 4.63. The second-order valence-electron chi connectivity index (χ2n) is 5.36. The summed E-state index contributed by atoms with van der Waals surface area (Å²) in [5.41, 5.74) is 0. The molecule has 2 atom stereocenters. The zero-order valence-electron chi connectivity index (χ0n) is 9.63. The van der Waals surface area contributed by atoms with Gasteiger partial charge in [0.1, 0.15) is 0 Å². The Morgan fingerprint density at radius 3 is 2.29 bits per heavy atom. The van der Waals surface area contributed by atoms with Crippen LogP contribution in [0.2, 0.25) is 0 Å². The van der Waals surface area contributed by atoms with Crippen LogP contribution in [0.15, 0.2) is 0 Å². The summed E-state index contributed by atoms with van der Waals surface area (Å²) in [5, 5.41) is 3.84. The predicted molar refractivity (Wildman–Crippen MR) is 60.5 cm³/mol. The quantitative estimate of drug-likeness (QED) is 0.725. The van der Waals surface area contributed by atoms with Crippen LogP contribution in [0.5, 0.6) is 0 Å². The van der Waals surface area contributed by atoms with Crippen LogP contribution in [0.1, 0.15) is 39.0 Å². The van der Waals surface area contributed by atoms with E-state index in [9.17, 15) is 0 Å². The molecule has 1 heterocycles. The van der Waals surface area contributed by atoms with E-state index in [2.05, 4.69) is 24.2 Å². The summed E-state index contributed by atoms with van der Waals surface area (Å²) in [6.45, 7) is 4.94. The van der Waals surface area contributed by atoms with Gasteiger partial charge >= 0.3 is 0 Å². The number of nitrogens with zero attached hydrogens (tertiary/aromatic N) is 1. The van der Waals surface area contributed by atoms with Gasteiger partial charge in [-0.05, 0) is 58.2 Å². The molecule has 1 saturated heterocycles. The Morgan fingerprint density at radius 2 is 1.71 bits per heavy atom. The maximum atomic E-state index is 3.84. The van der Waals surface area contributed by atoms with Gasteiger partial charge in [-0.2, -0.15) is 0 Å². The van der Waals surface area contributed by atoms with Gasteiger partial charge in [0.05, 0.1) is 0 Å². The minimum atomic E-state index is 0.807. The molecule has 0 bridgehead atoms. The molecule has 2 heteroatoms. The van der Waals surface area contributed by atoms with E-state index in [4.69, 9.17) is 0 Å². The van der Waals surface area contributed by atoms with Gasteiger partial charge < -0.3 is 10.2 Å². The SMILES string of the molecule is C[C@H]1CC[C@H](NC2CCN(C)CC2)C1. The molecular formula is C12H24N2. The average Bonchev–Trinajstić information content (AvgIpc) is 2.56. The maximum absolute atomic E-state index is 3.84. The summed E-state index contributed by atoms with van der Waals surface area (Å²) < 4.78 is 0. The Labute approximate surface area is 88.1 Å². The van der Waals surface area contributed by atoms with E-state index in [1.54, 1.807) is 0 Å². The molecule has 0 aromatic rings. The van der Waals surface area contributed by atoms with Crippen molar-refractivity contribution in [3.8, 4) is 0 Å². The van der Waals surface area contributed by atoms with Gasteiger partial charge in [0.25, 0.3) is 0 Å². The van der Waals surface area contributed by atoms with Gasteiger partial charge in [0, 0.05) is 12.1 Å². The van der Waals surface area contributed by atoms with Gasteiger partial charge in [-0.3, -0.25) is 0 Å². The molecule has 1 aliphatic carbocycles. The van der Waals surface area contributed by atoms with Crippen molar-refractivity contribution in [1.82, 2.24) is 10.2 Å². The van der Waals surface area contributed by atoms with Gasteiger partial charge in [-0.25, -0.2) is 0 Å². The van der Waals surface area contributed by atoms with Gasteiger partial charge in [-0.1, -0.05) is 6.92 Å². The first kappa shape index (κ1) is 10.4. The largest absolute Gasteiger partial charge is 0.311 e. The van der Waals surface area contributed by atoms with Crippen LogP contribution < -0.4 is 5.32 Å². The summed E-state index contributed by atoms with van der Waals surface area (Å²) in [4.78, 5) is 2.44. The van der Waals surface area contributed by atoms with Crippen LogP contribution in [0.25, 0.3) is 0 Å². The highest BCUT2D eigenvalue weighted by Gasteiger charge is 2.25. The molecule has 1 N–H and O–H groups in total. The van der Waals surface area contributed by atoms with E-state index in [-0.39, 0.29) is 0 Å². The van der Waals surface area contributed by atoms with Crippen molar-refractivity contribution in [3.63, 3.8) is 0 Å². The molecule has 2 rings (SSSR count). The molecule has 1 saturated carbocycles. The Morgan fingerprint density at radius 1 is 1.00 bits per heavy atom. The first-order valence-electron chi connectivity index (χ1n) is 6.18. The van der Waals surface area contributed by atoms with Crippen LogP contribution in [0.3, 0.4) is 0 Å². The Hall–Kier alpha value is -0.0800. The van der Waals surface area contributed by atoms with E-state index in [0.717, 1.165) is 18.0 Å². The molecule has 2 aliphatic rings. The molecule has 82 valence electrons. The monoisotopic (exact) mass is 196 g/mol. The molecule has 2 fully saturated rings. The molecule has 0 aromatic carbocycles. The molecule has 0 radical (unpaired) electrons. The van der Waals surface area contributed by atoms with E-state index < -0.39 is 0 Å². The average molecular weight is 196 g/mol. The standard InChI is InChI=1S/C12H24N2/c1-10-3-4-12(9-10)13-11-5-7-14(2)8-6-11/h10-13H,3-9H2,1-2H3/t10-,12-/m0/s1. The lowest BCUT2D eigenvalue weighted by Crippen LogP contribution is -2.44. The molecule has 0 unspecified atom stereocenters. The molecule has 14 heavy (non-hydrogen) atoms. The van der Waals surface area contributed by atoms with Crippen molar-refractivity contribution in [2.45, 2.75) is 51.1 Å². The van der Waals surface area contributed by atoms with Crippen LogP contribution in [0.4, 0.5) is 0 Å². The van der Waals surface area contributed by atoms with Crippen LogP contribution in [-0.2, 0) is 0 Å². The third-order valence-electron chi connectivity index (χ3n) is 3.88. The van der Waals surface area contributed by atoms with Crippen molar-refractivity contribution in [2.75, 3.05) is 20.1 Å². The van der Waals surface area contributed by atoms with Gasteiger partial charge in [-0.15, -0.1) is 0 Å². The molecular weight excluding hydrogens is 172 g/mol. The highest BCUT2D eigenvalue weighted by atomic mass is 15.1. The first-order chi connectivity index (χ1) is 6.74. The Bertz CT molecular complexity index is 173. The molecule has 0 aromatic heterocycles. The highest BCUT2D eigenvalue weighted by molar-refractivity contribution is 4.84. The van der Waals surface area contributed by atoms with Gasteiger partial charge in [0.15, 0.2) is 0 Å². The first-order valence-corrected chi connectivity index (χ1v) is 6.18. The summed E-state index contributed by atoms with van der Waals surface area (Å²) in [6.07, 6.45) is 6.95.